The third-order valence-corrected chi connectivity index (χ3v) is 3.45. The molecule has 6 heteroatoms. The van der Waals surface area contributed by atoms with Crippen molar-refractivity contribution in [3.63, 3.8) is 0 Å². The number of carbonyl (C=O) groups excluding carboxylic acids is 1. The van der Waals surface area contributed by atoms with E-state index in [9.17, 15) is 4.79 Å². The van der Waals surface area contributed by atoms with Crippen molar-refractivity contribution in [2.75, 3.05) is 46.3 Å². The molecule has 118 valence electrons. The van der Waals surface area contributed by atoms with Crippen molar-refractivity contribution in [3.05, 3.63) is 28.8 Å². The maximum Gasteiger partial charge on any atom is 0.256 e. The van der Waals surface area contributed by atoms with Crippen LogP contribution < -0.4 is 5.32 Å². The summed E-state index contributed by atoms with van der Waals surface area (Å²) in [6.07, 6.45) is 0. The van der Waals surface area contributed by atoms with E-state index in [1.165, 1.54) is 0 Å². The number of hydrogen-bond donors (Lipinski definition) is 1. The Morgan fingerprint density at radius 1 is 1.38 bits per heavy atom. The topological polar surface area (TPSA) is 50.8 Å². The molecule has 0 spiro atoms. The molecule has 1 rings (SSSR count). The van der Waals surface area contributed by atoms with Gasteiger partial charge in [-0.25, -0.2) is 0 Å². The molecule has 1 atom stereocenters. The minimum absolute atomic E-state index is 0.0543. The lowest BCUT2D eigenvalue weighted by molar-refractivity contribution is 0.0480. The minimum atomic E-state index is -0.0940. The summed E-state index contributed by atoms with van der Waals surface area (Å²) in [7, 11) is 5.01. The van der Waals surface area contributed by atoms with Crippen molar-refractivity contribution in [3.8, 4) is 0 Å². The fraction of sp³-hybridized carbons (Fsp3) is 0.533. The van der Waals surface area contributed by atoms with Crippen LogP contribution in [-0.2, 0) is 9.47 Å². The fourth-order valence-corrected chi connectivity index (χ4v) is 2.28. The van der Waals surface area contributed by atoms with Crippen molar-refractivity contribution < 1.29 is 14.3 Å². The highest BCUT2D eigenvalue weighted by atomic mass is 35.5. The van der Waals surface area contributed by atoms with Gasteiger partial charge in [0.05, 0.1) is 24.8 Å². The molecule has 1 aromatic carbocycles. The molecule has 1 unspecified atom stereocenters. The molecule has 0 saturated heterocycles. The number of rotatable bonds is 8. The van der Waals surface area contributed by atoms with Crippen LogP contribution in [0.5, 0.6) is 0 Å². The lowest BCUT2D eigenvalue weighted by Gasteiger charge is -2.29. The first-order chi connectivity index (χ1) is 10.0. The van der Waals surface area contributed by atoms with E-state index in [1.54, 1.807) is 44.4 Å². The summed E-state index contributed by atoms with van der Waals surface area (Å²) in [4.78, 5) is 14.6. The second-order valence-corrected chi connectivity index (χ2v) is 5.17. The van der Waals surface area contributed by atoms with Crippen LogP contribution in [0.2, 0.25) is 5.02 Å². The Kier molecular flexibility index (Phi) is 7.50. The second kappa shape index (κ2) is 8.87. The Morgan fingerprint density at radius 2 is 2.10 bits per heavy atom. The highest BCUT2D eigenvalue weighted by Crippen LogP contribution is 2.22. The molecule has 0 saturated carbocycles. The summed E-state index contributed by atoms with van der Waals surface area (Å²) >= 11 is 6.02. The molecular formula is C15H23ClN2O3. The molecule has 0 aliphatic rings. The van der Waals surface area contributed by atoms with E-state index in [-0.39, 0.29) is 11.9 Å². The highest BCUT2D eigenvalue weighted by Gasteiger charge is 2.23. The zero-order valence-corrected chi connectivity index (χ0v) is 13.7. The number of amides is 1. The average Bonchev–Trinajstić information content (AvgIpc) is 2.47. The largest absolute Gasteiger partial charge is 0.387 e. The average molecular weight is 315 g/mol. The smallest absolute Gasteiger partial charge is 0.256 e. The Balaban J connectivity index is 3.06. The van der Waals surface area contributed by atoms with Crippen LogP contribution in [0.1, 0.15) is 17.3 Å². The molecule has 1 amide bonds. The normalized spacial score (nSPS) is 12.0. The number of anilines is 1. The van der Waals surface area contributed by atoms with Gasteiger partial charge in [0.15, 0.2) is 0 Å². The molecule has 0 aliphatic heterocycles. The molecule has 0 aliphatic carbocycles. The Hall–Kier alpha value is -1.30. The molecule has 1 aromatic rings. The summed E-state index contributed by atoms with van der Waals surface area (Å²) in [5, 5.41) is 3.55. The van der Waals surface area contributed by atoms with Crippen LogP contribution in [0.3, 0.4) is 0 Å². The van der Waals surface area contributed by atoms with Crippen molar-refractivity contribution in [1.29, 1.82) is 0 Å². The lowest BCUT2D eigenvalue weighted by atomic mass is 10.1. The van der Waals surface area contributed by atoms with Gasteiger partial charge in [-0.3, -0.25) is 4.79 Å². The predicted octanol–water partition coefficient (Wildman–Crippen LogP) is 2.51. The Labute approximate surface area is 131 Å². The van der Waals surface area contributed by atoms with E-state index >= 15 is 0 Å². The van der Waals surface area contributed by atoms with Gasteiger partial charge in [0.25, 0.3) is 5.91 Å². The second-order valence-electron chi connectivity index (χ2n) is 4.74. The maximum atomic E-state index is 12.8. The van der Waals surface area contributed by atoms with E-state index < -0.39 is 0 Å². The third kappa shape index (κ3) is 4.88. The monoisotopic (exact) mass is 314 g/mol. The van der Waals surface area contributed by atoms with E-state index in [4.69, 9.17) is 21.1 Å². The van der Waals surface area contributed by atoms with Gasteiger partial charge >= 0.3 is 0 Å². The van der Waals surface area contributed by atoms with Crippen molar-refractivity contribution in [2.45, 2.75) is 13.0 Å². The number of hydrogen-bond acceptors (Lipinski definition) is 4. The van der Waals surface area contributed by atoms with Gasteiger partial charge in [-0.05, 0) is 25.1 Å². The van der Waals surface area contributed by atoms with Crippen LogP contribution in [0, 0.1) is 0 Å². The van der Waals surface area contributed by atoms with Crippen LogP contribution >= 0.6 is 11.6 Å². The standard InChI is InChI=1S/C15H23ClN2O3/c1-11(10-21-4)18(7-8-20-3)15(19)13-9-12(16)5-6-14(13)17-2/h5-6,9,11,17H,7-8,10H2,1-4H3. The summed E-state index contributed by atoms with van der Waals surface area (Å²) < 4.78 is 10.2. The zero-order chi connectivity index (χ0) is 15.8. The number of ether oxygens (including phenoxy) is 2. The summed E-state index contributed by atoms with van der Waals surface area (Å²) in [6, 6.07) is 5.17. The number of halogens is 1. The molecule has 0 heterocycles. The fourth-order valence-electron chi connectivity index (χ4n) is 2.11. The van der Waals surface area contributed by atoms with Crippen molar-refractivity contribution in [2.24, 2.45) is 0 Å². The van der Waals surface area contributed by atoms with Crippen LogP contribution in [0.25, 0.3) is 0 Å². The van der Waals surface area contributed by atoms with Crippen molar-refractivity contribution in [1.82, 2.24) is 4.90 Å². The van der Waals surface area contributed by atoms with E-state index in [1.807, 2.05) is 6.92 Å². The summed E-state index contributed by atoms with van der Waals surface area (Å²) in [5.41, 5.74) is 1.29. The molecular weight excluding hydrogens is 292 g/mol. The van der Waals surface area contributed by atoms with Gasteiger partial charge in [-0.1, -0.05) is 11.6 Å². The molecule has 5 nitrogen and oxygen atoms in total. The summed E-state index contributed by atoms with van der Waals surface area (Å²) in [6.45, 7) is 3.37. The number of carbonyl (C=O) groups is 1. The maximum absolute atomic E-state index is 12.8. The Bertz CT molecular complexity index is 468. The van der Waals surface area contributed by atoms with Gasteiger partial charge in [0.2, 0.25) is 0 Å². The molecule has 0 aromatic heterocycles. The zero-order valence-electron chi connectivity index (χ0n) is 13.0. The minimum Gasteiger partial charge on any atom is -0.387 e. The van der Waals surface area contributed by atoms with E-state index in [2.05, 4.69) is 5.32 Å². The van der Waals surface area contributed by atoms with Crippen LogP contribution in [0.4, 0.5) is 5.69 Å². The summed E-state index contributed by atoms with van der Waals surface area (Å²) in [5.74, 6) is -0.0940. The number of methoxy groups -OCH3 is 2. The van der Waals surface area contributed by atoms with Gasteiger partial charge in [-0.2, -0.15) is 0 Å². The molecule has 0 fully saturated rings. The van der Waals surface area contributed by atoms with E-state index in [0.29, 0.717) is 30.3 Å². The first kappa shape index (κ1) is 17.8. The number of nitrogens with zero attached hydrogens (tertiary/aromatic N) is 1. The predicted molar refractivity (Wildman–Crippen MR) is 85.2 cm³/mol. The quantitative estimate of drug-likeness (QED) is 0.801. The molecule has 21 heavy (non-hydrogen) atoms. The Morgan fingerprint density at radius 3 is 2.67 bits per heavy atom. The highest BCUT2D eigenvalue weighted by molar-refractivity contribution is 6.31. The van der Waals surface area contributed by atoms with Gasteiger partial charge in [0, 0.05) is 38.5 Å². The van der Waals surface area contributed by atoms with Gasteiger partial charge < -0.3 is 19.7 Å². The molecule has 0 bridgehead atoms. The molecule has 0 radical (unpaired) electrons. The SMILES string of the molecule is CNc1ccc(Cl)cc1C(=O)N(CCOC)C(C)COC. The van der Waals surface area contributed by atoms with Gasteiger partial charge in [-0.15, -0.1) is 0 Å². The third-order valence-electron chi connectivity index (χ3n) is 3.22. The van der Waals surface area contributed by atoms with Gasteiger partial charge in [0.1, 0.15) is 0 Å². The molecule has 1 N–H and O–H groups in total. The number of nitrogens with one attached hydrogen (secondary N) is 1. The van der Waals surface area contributed by atoms with E-state index in [0.717, 1.165) is 5.69 Å². The first-order valence-electron chi connectivity index (χ1n) is 6.81. The number of benzene rings is 1. The lowest BCUT2D eigenvalue weighted by Crippen LogP contribution is -2.43. The van der Waals surface area contributed by atoms with Crippen LogP contribution in [-0.4, -0.2) is 57.9 Å². The van der Waals surface area contributed by atoms with Crippen molar-refractivity contribution >= 4 is 23.2 Å². The van der Waals surface area contributed by atoms with Crippen LogP contribution in [0.15, 0.2) is 18.2 Å². The first-order valence-corrected chi connectivity index (χ1v) is 7.19.